The van der Waals surface area contributed by atoms with Gasteiger partial charge in [0.25, 0.3) is 12.2 Å². The van der Waals surface area contributed by atoms with Gasteiger partial charge in [-0.2, -0.15) is 0 Å². The van der Waals surface area contributed by atoms with Gasteiger partial charge in [0.05, 0.1) is 26.9 Å². The van der Waals surface area contributed by atoms with Gasteiger partial charge in [0.2, 0.25) is 0 Å². The first-order chi connectivity index (χ1) is 19.9. The Balaban J connectivity index is 0.000000263. The molecule has 10 heteroatoms. The molecule has 2 saturated heterocycles. The number of nitrogen functional groups attached to an aromatic ring is 1. The predicted molar refractivity (Wildman–Crippen MR) is 158 cm³/mol. The predicted octanol–water partition coefficient (Wildman–Crippen LogP) is 4.11. The van der Waals surface area contributed by atoms with Crippen LogP contribution < -0.4 is 25.5 Å². The van der Waals surface area contributed by atoms with E-state index in [1.807, 2.05) is 5.43 Å². The number of carbonyl (C=O) groups excluding carboxylic acids is 1. The lowest BCUT2D eigenvalue weighted by molar-refractivity contribution is 0.0368. The van der Waals surface area contributed by atoms with Gasteiger partial charge in [-0.25, -0.2) is 5.84 Å². The van der Waals surface area contributed by atoms with Crippen molar-refractivity contribution in [3.63, 3.8) is 0 Å². The van der Waals surface area contributed by atoms with Crippen molar-refractivity contribution in [3.8, 4) is 23.5 Å². The van der Waals surface area contributed by atoms with E-state index in [1.54, 1.807) is 0 Å². The summed E-state index contributed by atoms with van der Waals surface area (Å²) in [7, 11) is 1.44. The van der Waals surface area contributed by atoms with Crippen LogP contribution in [-0.2, 0) is 4.74 Å². The van der Waals surface area contributed by atoms with Crippen LogP contribution in [0.2, 0.25) is 0 Å². The molecule has 41 heavy (non-hydrogen) atoms. The van der Waals surface area contributed by atoms with Gasteiger partial charge in [0, 0.05) is 30.8 Å². The average molecular weight is 568 g/mol. The highest BCUT2D eigenvalue weighted by Gasteiger charge is 2.22. The Hall–Kier alpha value is -3.36. The number of rotatable bonds is 11. The summed E-state index contributed by atoms with van der Waals surface area (Å²) < 4.78 is 21.0. The van der Waals surface area contributed by atoms with E-state index in [1.165, 1.54) is 80.6 Å². The molecule has 1 amide bonds. The minimum Gasteiger partial charge on any atom is -0.497 e. The Kier molecular flexibility index (Phi) is 13.2. The lowest BCUT2D eigenvalue weighted by atomic mass is 9.97. The van der Waals surface area contributed by atoms with Gasteiger partial charge in [0.15, 0.2) is 0 Å². The molecular weight excluding hydrogens is 522 g/mol. The molecule has 2 aliphatic heterocycles. The van der Waals surface area contributed by atoms with Crippen molar-refractivity contribution in [2.24, 2.45) is 5.84 Å². The zero-order valence-electron chi connectivity index (χ0n) is 24.9. The number of amides is 1. The van der Waals surface area contributed by atoms with Crippen molar-refractivity contribution in [2.45, 2.75) is 52.5 Å². The van der Waals surface area contributed by atoms with Crippen LogP contribution in [0.5, 0.6) is 17.2 Å². The van der Waals surface area contributed by atoms with E-state index in [0.29, 0.717) is 11.8 Å². The number of nitrogens with one attached hydrogen (secondary N) is 1. The van der Waals surface area contributed by atoms with Crippen molar-refractivity contribution in [2.75, 3.05) is 59.7 Å². The van der Waals surface area contributed by atoms with Crippen LogP contribution in [-0.4, -0.2) is 75.4 Å². The van der Waals surface area contributed by atoms with Crippen molar-refractivity contribution in [3.05, 3.63) is 52.6 Å². The number of nitriles is 1. The summed E-state index contributed by atoms with van der Waals surface area (Å²) in [6.45, 7) is 15.2. The van der Waals surface area contributed by atoms with E-state index >= 15 is 0 Å². The topological polar surface area (TPSA) is 122 Å². The maximum atomic E-state index is 11.2. The molecule has 0 aliphatic carbocycles. The number of nitrogens with zero attached hydrogens (tertiary/aromatic N) is 3. The number of hydrazine groups is 1. The van der Waals surface area contributed by atoms with Gasteiger partial charge in [-0.15, -0.1) is 5.26 Å². The van der Waals surface area contributed by atoms with Crippen molar-refractivity contribution in [1.82, 2.24) is 15.2 Å². The Bertz CT molecular complexity index is 1160. The molecule has 1 unspecified atom stereocenters. The molecule has 224 valence electrons. The Labute approximate surface area is 244 Å². The molecule has 0 spiro atoms. The van der Waals surface area contributed by atoms with Gasteiger partial charge in [-0.1, -0.05) is 6.07 Å². The smallest absolute Gasteiger partial charge is 0.292 e. The van der Waals surface area contributed by atoms with Crippen LogP contribution in [0.15, 0.2) is 30.3 Å². The summed E-state index contributed by atoms with van der Waals surface area (Å²) in [4.78, 5) is 16.3. The van der Waals surface area contributed by atoms with Crippen molar-refractivity contribution in [1.29, 1.82) is 5.26 Å². The van der Waals surface area contributed by atoms with E-state index in [-0.39, 0.29) is 11.3 Å². The van der Waals surface area contributed by atoms with E-state index in [4.69, 9.17) is 25.3 Å². The van der Waals surface area contributed by atoms with Gasteiger partial charge < -0.3 is 18.9 Å². The third kappa shape index (κ3) is 9.61. The monoisotopic (exact) mass is 567 g/mol. The van der Waals surface area contributed by atoms with Crippen LogP contribution in [0, 0.1) is 25.4 Å². The normalized spacial score (nSPS) is 16.2. The maximum Gasteiger partial charge on any atom is 0.292 e. The first-order valence-electron chi connectivity index (χ1n) is 14.4. The summed E-state index contributed by atoms with van der Waals surface area (Å²) in [5, 5.41) is 8.33. The molecule has 2 heterocycles. The fraction of sp³-hybridized carbons (Fsp3) is 0.548. The lowest BCUT2D eigenvalue weighted by Gasteiger charge is -2.27. The fourth-order valence-electron chi connectivity index (χ4n) is 5.21. The summed E-state index contributed by atoms with van der Waals surface area (Å²) in [5.41, 5.74) is 6.39. The minimum atomic E-state index is -0.489. The number of morpholine rings is 1. The quantitative estimate of drug-likeness (QED) is 0.136. The second-order valence-electron chi connectivity index (χ2n) is 10.4. The van der Waals surface area contributed by atoms with E-state index in [2.05, 4.69) is 47.4 Å². The number of ether oxygens (including phenoxy) is 4. The zero-order valence-corrected chi connectivity index (χ0v) is 24.9. The molecule has 0 bridgehead atoms. The van der Waals surface area contributed by atoms with Crippen LogP contribution >= 0.6 is 0 Å². The number of hydrogen-bond acceptors (Lipinski definition) is 9. The first kappa shape index (κ1) is 32.2. The van der Waals surface area contributed by atoms with E-state index < -0.39 is 5.91 Å². The molecule has 0 aromatic heterocycles. The highest BCUT2D eigenvalue weighted by molar-refractivity contribution is 5.94. The van der Waals surface area contributed by atoms with E-state index in [0.717, 1.165) is 51.6 Å². The molecule has 2 fully saturated rings. The van der Waals surface area contributed by atoms with Crippen LogP contribution in [0.4, 0.5) is 0 Å². The van der Waals surface area contributed by atoms with Gasteiger partial charge >= 0.3 is 0 Å². The first-order valence-corrected chi connectivity index (χ1v) is 14.4. The molecule has 0 radical (unpaired) electrons. The maximum absolute atomic E-state index is 11.2. The molecule has 3 N–H and O–H groups in total. The molecular formula is C31H45N5O5. The minimum absolute atomic E-state index is 0.218. The Morgan fingerprint density at radius 1 is 1.07 bits per heavy atom. The molecule has 0 saturated carbocycles. The number of nitrogens with two attached hydrogens (primary N) is 1. The number of hydrogen-bond donors (Lipinski definition) is 2. The highest BCUT2D eigenvalue weighted by Crippen LogP contribution is 2.32. The third-order valence-electron chi connectivity index (χ3n) is 7.82. The molecule has 10 nitrogen and oxygen atoms in total. The van der Waals surface area contributed by atoms with Gasteiger partial charge in [-0.05, 0) is 101 Å². The third-order valence-corrected chi connectivity index (χ3v) is 7.82. The van der Waals surface area contributed by atoms with E-state index in [9.17, 15) is 4.79 Å². The molecule has 2 aliphatic rings. The van der Waals surface area contributed by atoms with Gasteiger partial charge in [-0.3, -0.25) is 20.0 Å². The second kappa shape index (κ2) is 16.8. The SMILES string of the molecule is COc1cc(OC#N)cc(C(=O)NN)c1.Cc1c(OCCCCN2CCOCC2)ccc(C(C)N2CCCC2)c1C. The van der Waals surface area contributed by atoms with Gasteiger partial charge in [0.1, 0.15) is 17.2 Å². The largest absolute Gasteiger partial charge is 0.497 e. The number of methoxy groups -OCH3 is 1. The molecule has 1 atom stereocenters. The zero-order chi connectivity index (χ0) is 29.6. The average Bonchev–Trinajstić information content (AvgIpc) is 3.54. The number of likely N-dealkylation sites (tertiary alicyclic amines) is 1. The Morgan fingerprint density at radius 2 is 1.78 bits per heavy atom. The van der Waals surface area contributed by atoms with Crippen molar-refractivity contribution >= 4 is 5.91 Å². The van der Waals surface area contributed by atoms with Crippen LogP contribution in [0.25, 0.3) is 0 Å². The molecule has 2 aromatic carbocycles. The Morgan fingerprint density at radius 3 is 2.44 bits per heavy atom. The summed E-state index contributed by atoms with van der Waals surface area (Å²) >= 11 is 0. The summed E-state index contributed by atoms with van der Waals surface area (Å²) in [5.74, 6) is 6.17. The fourth-order valence-corrected chi connectivity index (χ4v) is 5.21. The summed E-state index contributed by atoms with van der Waals surface area (Å²) in [6.07, 6.45) is 6.49. The summed E-state index contributed by atoms with van der Waals surface area (Å²) in [6, 6.07) is 9.33. The highest BCUT2D eigenvalue weighted by atomic mass is 16.5. The van der Waals surface area contributed by atoms with Crippen LogP contribution in [0.3, 0.4) is 0 Å². The molecule has 4 rings (SSSR count). The lowest BCUT2D eigenvalue weighted by Crippen LogP contribution is -2.36. The number of benzene rings is 2. The molecule has 2 aromatic rings. The number of carbonyl (C=O) groups is 1. The van der Waals surface area contributed by atoms with Crippen molar-refractivity contribution < 1.29 is 23.7 Å². The second-order valence-corrected chi connectivity index (χ2v) is 10.4. The standard InChI is InChI=1S/C22H36N2O2.C9H9N3O3/c1-18-19(2)22(9-8-21(18)20(3)24-11-4-5-12-24)26-15-7-6-10-23-13-16-25-17-14-23;1-14-7-2-6(9(13)12-11)3-8(4-7)15-5-10/h8-9,20H,4-7,10-17H2,1-3H3;2-4H,11H2,1H3,(H,12,13). The van der Waals surface area contributed by atoms with Crippen LogP contribution in [0.1, 0.15) is 65.7 Å². The number of unbranched alkanes of at least 4 members (excludes halogenated alkanes) is 1.